The molecule has 0 aliphatic rings. The third-order valence-electron chi connectivity index (χ3n) is 1.75. The normalized spacial score (nSPS) is 14.2. The lowest BCUT2D eigenvalue weighted by Crippen LogP contribution is -2.18. The zero-order valence-corrected chi connectivity index (χ0v) is 7.37. The molecule has 0 spiro atoms. The second-order valence-corrected chi connectivity index (χ2v) is 2.99. The maximum absolute atomic E-state index is 10.6. The predicted molar refractivity (Wildman–Crippen MR) is 45.4 cm³/mol. The Balaban J connectivity index is 4.00. The van der Waals surface area contributed by atoms with Crippen molar-refractivity contribution >= 4 is 5.97 Å². The molecule has 0 aliphatic carbocycles. The van der Waals surface area contributed by atoms with Gasteiger partial charge in [-0.25, -0.2) is 0 Å². The summed E-state index contributed by atoms with van der Waals surface area (Å²) in [6.45, 7) is 5.77. The molecule has 0 aliphatic heterocycles. The minimum atomic E-state index is -0.696. The molecule has 0 saturated heterocycles. The van der Waals surface area contributed by atoms with E-state index < -0.39 is 5.97 Å². The van der Waals surface area contributed by atoms with Gasteiger partial charge in [-0.1, -0.05) is 26.0 Å². The summed E-state index contributed by atoms with van der Waals surface area (Å²) in [4.78, 5) is 10.6. The number of carbonyl (C=O) groups is 1. The van der Waals surface area contributed by atoms with Crippen LogP contribution in [0.25, 0.3) is 0 Å². The van der Waals surface area contributed by atoms with Crippen molar-refractivity contribution < 1.29 is 9.90 Å². The van der Waals surface area contributed by atoms with Crippen molar-refractivity contribution in [3.63, 3.8) is 0 Å². The second-order valence-electron chi connectivity index (χ2n) is 2.99. The van der Waals surface area contributed by atoms with Crippen molar-refractivity contribution in [1.29, 1.82) is 0 Å². The van der Waals surface area contributed by atoms with E-state index in [0.717, 1.165) is 0 Å². The van der Waals surface area contributed by atoms with Gasteiger partial charge in [0, 0.05) is 0 Å². The maximum Gasteiger partial charge on any atom is 0.307 e. The van der Waals surface area contributed by atoms with Crippen LogP contribution in [-0.2, 0) is 4.79 Å². The van der Waals surface area contributed by atoms with Crippen molar-refractivity contribution in [1.82, 2.24) is 0 Å². The molecule has 2 heteroatoms. The number of hydrogen-bond donors (Lipinski definition) is 1. The van der Waals surface area contributed by atoms with Gasteiger partial charge in [0.1, 0.15) is 0 Å². The Kier molecular flexibility index (Phi) is 4.59. The average molecular weight is 156 g/mol. The Bertz CT molecular complexity index is 148. The zero-order valence-electron chi connectivity index (χ0n) is 7.37. The standard InChI is InChI=1S/C9H16O2/c1-4-5-6-8(7(2)3)9(10)11/h4-5,7-8H,6H2,1-3H3,(H,10,11). The molecule has 0 saturated carbocycles. The van der Waals surface area contributed by atoms with Crippen LogP contribution in [0.1, 0.15) is 27.2 Å². The molecule has 0 heterocycles. The van der Waals surface area contributed by atoms with Crippen LogP contribution in [0.3, 0.4) is 0 Å². The minimum Gasteiger partial charge on any atom is -0.481 e. The van der Waals surface area contributed by atoms with Gasteiger partial charge in [0.05, 0.1) is 5.92 Å². The van der Waals surface area contributed by atoms with E-state index in [0.29, 0.717) is 6.42 Å². The first-order valence-electron chi connectivity index (χ1n) is 3.93. The number of carboxylic acid groups (broad SMARTS) is 1. The largest absolute Gasteiger partial charge is 0.481 e. The molecule has 0 aromatic carbocycles. The fraction of sp³-hybridized carbons (Fsp3) is 0.667. The second kappa shape index (κ2) is 4.94. The number of carboxylic acids is 1. The summed E-state index contributed by atoms with van der Waals surface area (Å²) in [5.74, 6) is -0.715. The Morgan fingerprint density at radius 3 is 2.36 bits per heavy atom. The van der Waals surface area contributed by atoms with Gasteiger partial charge in [-0.3, -0.25) is 4.79 Å². The predicted octanol–water partition coefficient (Wildman–Crippen LogP) is 2.31. The van der Waals surface area contributed by atoms with Crippen molar-refractivity contribution in [2.24, 2.45) is 11.8 Å². The molecule has 0 aromatic heterocycles. The fourth-order valence-corrected chi connectivity index (χ4v) is 0.941. The topological polar surface area (TPSA) is 37.3 Å². The van der Waals surface area contributed by atoms with Crippen LogP contribution in [-0.4, -0.2) is 11.1 Å². The molecule has 0 bridgehead atoms. The van der Waals surface area contributed by atoms with Crippen molar-refractivity contribution in [2.75, 3.05) is 0 Å². The third-order valence-corrected chi connectivity index (χ3v) is 1.75. The molecule has 0 fully saturated rings. The smallest absolute Gasteiger partial charge is 0.307 e. The Morgan fingerprint density at radius 2 is 2.09 bits per heavy atom. The number of allylic oxidation sites excluding steroid dienone is 2. The molecule has 2 nitrogen and oxygen atoms in total. The highest BCUT2D eigenvalue weighted by molar-refractivity contribution is 5.70. The van der Waals surface area contributed by atoms with E-state index in [4.69, 9.17) is 5.11 Å². The summed E-state index contributed by atoms with van der Waals surface area (Å²) in [6, 6.07) is 0. The molecule has 0 radical (unpaired) electrons. The Morgan fingerprint density at radius 1 is 1.55 bits per heavy atom. The molecule has 0 aromatic rings. The van der Waals surface area contributed by atoms with Gasteiger partial charge in [-0.2, -0.15) is 0 Å². The van der Waals surface area contributed by atoms with E-state index in [2.05, 4.69) is 0 Å². The first-order valence-corrected chi connectivity index (χ1v) is 3.93. The summed E-state index contributed by atoms with van der Waals surface area (Å²) >= 11 is 0. The third kappa shape index (κ3) is 3.81. The van der Waals surface area contributed by atoms with Crippen LogP contribution in [0.2, 0.25) is 0 Å². The van der Waals surface area contributed by atoms with Gasteiger partial charge >= 0.3 is 5.97 Å². The van der Waals surface area contributed by atoms with Crippen molar-refractivity contribution in [2.45, 2.75) is 27.2 Å². The zero-order chi connectivity index (χ0) is 8.85. The Labute approximate surface area is 67.9 Å². The van der Waals surface area contributed by atoms with E-state index in [-0.39, 0.29) is 11.8 Å². The molecule has 0 rings (SSSR count). The molecule has 1 N–H and O–H groups in total. The quantitative estimate of drug-likeness (QED) is 0.634. The lowest BCUT2D eigenvalue weighted by molar-refractivity contribution is -0.143. The van der Waals surface area contributed by atoms with Crippen molar-refractivity contribution in [3.8, 4) is 0 Å². The number of hydrogen-bond acceptors (Lipinski definition) is 1. The van der Waals surface area contributed by atoms with Gasteiger partial charge in [0.15, 0.2) is 0 Å². The van der Waals surface area contributed by atoms with Crippen LogP contribution in [0.4, 0.5) is 0 Å². The summed E-state index contributed by atoms with van der Waals surface area (Å²) in [5, 5.41) is 8.74. The molecule has 1 atom stereocenters. The molecule has 0 amide bonds. The maximum atomic E-state index is 10.6. The van der Waals surface area contributed by atoms with Crippen LogP contribution < -0.4 is 0 Å². The van der Waals surface area contributed by atoms with Crippen molar-refractivity contribution in [3.05, 3.63) is 12.2 Å². The van der Waals surface area contributed by atoms with Crippen LogP contribution >= 0.6 is 0 Å². The highest BCUT2D eigenvalue weighted by atomic mass is 16.4. The molecular weight excluding hydrogens is 140 g/mol. The van der Waals surface area contributed by atoms with Crippen LogP contribution in [0, 0.1) is 11.8 Å². The van der Waals surface area contributed by atoms with Gasteiger partial charge in [0.2, 0.25) is 0 Å². The van der Waals surface area contributed by atoms with Crippen LogP contribution in [0.5, 0.6) is 0 Å². The monoisotopic (exact) mass is 156 g/mol. The SMILES string of the molecule is CC=CCC(C(=O)O)C(C)C. The Hall–Kier alpha value is -0.790. The first kappa shape index (κ1) is 10.2. The minimum absolute atomic E-state index is 0.212. The molecule has 11 heavy (non-hydrogen) atoms. The van der Waals surface area contributed by atoms with Gasteiger partial charge in [-0.15, -0.1) is 0 Å². The van der Waals surface area contributed by atoms with E-state index in [9.17, 15) is 4.79 Å². The lowest BCUT2D eigenvalue weighted by atomic mass is 9.93. The molecular formula is C9H16O2. The highest BCUT2D eigenvalue weighted by Gasteiger charge is 2.18. The van der Waals surface area contributed by atoms with Gasteiger partial charge in [0.25, 0.3) is 0 Å². The highest BCUT2D eigenvalue weighted by Crippen LogP contribution is 2.15. The fourth-order valence-electron chi connectivity index (χ4n) is 0.941. The molecule has 1 unspecified atom stereocenters. The van der Waals surface area contributed by atoms with Gasteiger partial charge < -0.3 is 5.11 Å². The summed E-state index contributed by atoms with van der Waals surface area (Å²) < 4.78 is 0. The van der Waals surface area contributed by atoms with E-state index in [1.165, 1.54) is 0 Å². The summed E-state index contributed by atoms with van der Waals surface area (Å²) in [7, 11) is 0. The number of rotatable bonds is 4. The average Bonchev–Trinajstić information content (AvgIpc) is 1.87. The molecule has 64 valence electrons. The lowest BCUT2D eigenvalue weighted by Gasteiger charge is -2.12. The van der Waals surface area contributed by atoms with E-state index in [1.807, 2.05) is 32.9 Å². The van der Waals surface area contributed by atoms with Gasteiger partial charge in [-0.05, 0) is 19.3 Å². The summed E-state index contributed by atoms with van der Waals surface area (Å²) in [6.07, 6.45) is 4.43. The number of aliphatic carboxylic acids is 1. The van der Waals surface area contributed by atoms with E-state index in [1.54, 1.807) is 0 Å². The van der Waals surface area contributed by atoms with E-state index >= 15 is 0 Å². The first-order chi connectivity index (χ1) is 5.09. The summed E-state index contributed by atoms with van der Waals surface area (Å²) in [5.41, 5.74) is 0. The van der Waals surface area contributed by atoms with Crippen LogP contribution in [0.15, 0.2) is 12.2 Å².